The van der Waals surface area contributed by atoms with Gasteiger partial charge in [0, 0.05) is 0 Å². The fourth-order valence-corrected chi connectivity index (χ4v) is 4.01. The van der Waals surface area contributed by atoms with Gasteiger partial charge >= 0.3 is 0 Å². The Kier molecular flexibility index (Phi) is 5.15. The van der Waals surface area contributed by atoms with E-state index in [4.69, 9.17) is 0 Å². The number of rotatable bonds is 3. The summed E-state index contributed by atoms with van der Waals surface area (Å²) in [5.74, 6) is 3.13. The van der Waals surface area contributed by atoms with E-state index < -0.39 is 0 Å². The quantitative estimate of drug-likeness (QED) is 0.763. The van der Waals surface area contributed by atoms with Crippen molar-refractivity contribution in [2.45, 2.75) is 64.2 Å². The molecule has 0 aliphatic heterocycles. The summed E-state index contributed by atoms with van der Waals surface area (Å²) >= 11 is 0. The van der Waals surface area contributed by atoms with Gasteiger partial charge in [-0.15, -0.1) is 0 Å². The Balaban J connectivity index is 1.87. The maximum Gasteiger partial charge on any atom is -0.00234 e. The fraction of sp³-hybridized carbons (Fsp3) is 1.00. The highest BCUT2D eigenvalue weighted by atomic mass is 14.8. The van der Waals surface area contributed by atoms with Crippen LogP contribution in [0.25, 0.3) is 0 Å². The molecule has 1 nitrogen and oxygen atoms in total. The molecule has 2 rings (SSSR count). The summed E-state index contributed by atoms with van der Waals surface area (Å²) in [6.07, 6.45) is 15.1. The standard InChI is InChI=1S/C15H29N/c1-16-12-13-7-3-2-4-10-15(11-13)14-8-5-6-9-14/h13-16H,2-12H2,1H3. The molecule has 0 saturated heterocycles. The summed E-state index contributed by atoms with van der Waals surface area (Å²) in [5.41, 5.74) is 0. The normalized spacial score (nSPS) is 33.6. The lowest BCUT2D eigenvalue weighted by atomic mass is 9.77. The molecule has 2 fully saturated rings. The van der Waals surface area contributed by atoms with Gasteiger partial charge in [-0.25, -0.2) is 0 Å². The molecule has 2 aliphatic carbocycles. The summed E-state index contributed by atoms with van der Waals surface area (Å²) < 4.78 is 0. The molecule has 0 amide bonds. The lowest BCUT2D eigenvalue weighted by molar-refractivity contribution is 0.220. The van der Waals surface area contributed by atoms with E-state index in [1.54, 1.807) is 0 Å². The first kappa shape index (κ1) is 12.4. The van der Waals surface area contributed by atoms with E-state index in [0.717, 1.165) is 17.8 Å². The van der Waals surface area contributed by atoms with Crippen LogP contribution in [0.1, 0.15) is 64.2 Å². The first-order valence-corrected chi connectivity index (χ1v) is 7.54. The van der Waals surface area contributed by atoms with Crippen LogP contribution in [0.15, 0.2) is 0 Å². The van der Waals surface area contributed by atoms with Crippen molar-refractivity contribution in [3.63, 3.8) is 0 Å². The molecule has 0 bridgehead atoms. The molecule has 2 atom stereocenters. The molecular weight excluding hydrogens is 194 g/mol. The smallest absolute Gasteiger partial charge is 0.00234 e. The first-order chi connectivity index (χ1) is 7.90. The Morgan fingerprint density at radius 2 is 1.44 bits per heavy atom. The maximum atomic E-state index is 3.40. The van der Waals surface area contributed by atoms with Crippen molar-refractivity contribution >= 4 is 0 Å². The maximum absolute atomic E-state index is 3.40. The Morgan fingerprint density at radius 3 is 2.19 bits per heavy atom. The second kappa shape index (κ2) is 6.64. The number of hydrogen-bond acceptors (Lipinski definition) is 1. The van der Waals surface area contributed by atoms with Crippen LogP contribution < -0.4 is 5.32 Å². The van der Waals surface area contributed by atoms with E-state index in [-0.39, 0.29) is 0 Å². The second-order valence-corrected chi connectivity index (χ2v) is 6.10. The van der Waals surface area contributed by atoms with Crippen LogP contribution in [-0.4, -0.2) is 13.6 Å². The molecule has 0 heterocycles. The van der Waals surface area contributed by atoms with Crippen molar-refractivity contribution in [1.82, 2.24) is 5.32 Å². The molecule has 16 heavy (non-hydrogen) atoms. The third-order valence-corrected chi connectivity index (χ3v) is 4.88. The van der Waals surface area contributed by atoms with Gasteiger partial charge in [0.15, 0.2) is 0 Å². The molecule has 0 aromatic rings. The molecule has 2 saturated carbocycles. The topological polar surface area (TPSA) is 12.0 Å². The van der Waals surface area contributed by atoms with Gasteiger partial charge in [-0.05, 0) is 44.2 Å². The van der Waals surface area contributed by atoms with Crippen LogP contribution in [0.4, 0.5) is 0 Å². The van der Waals surface area contributed by atoms with Crippen LogP contribution in [0.2, 0.25) is 0 Å². The van der Waals surface area contributed by atoms with Gasteiger partial charge < -0.3 is 5.32 Å². The average molecular weight is 223 g/mol. The lowest BCUT2D eigenvalue weighted by Gasteiger charge is -2.30. The highest BCUT2D eigenvalue weighted by molar-refractivity contribution is 4.80. The summed E-state index contributed by atoms with van der Waals surface area (Å²) in [6, 6.07) is 0. The summed E-state index contributed by atoms with van der Waals surface area (Å²) in [7, 11) is 2.11. The number of hydrogen-bond donors (Lipinski definition) is 1. The van der Waals surface area contributed by atoms with Gasteiger partial charge in [0.1, 0.15) is 0 Å². The third-order valence-electron chi connectivity index (χ3n) is 4.88. The molecule has 2 unspecified atom stereocenters. The predicted octanol–water partition coefficient (Wildman–Crippen LogP) is 3.98. The molecule has 1 N–H and O–H groups in total. The molecule has 0 aromatic heterocycles. The summed E-state index contributed by atoms with van der Waals surface area (Å²) in [4.78, 5) is 0. The summed E-state index contributed by atoms with van der Waals surface area (Å²) in [5, 5.41) is 3.40. The van der Waals surface area contributed by atoms with Gasteiger partial charge in [0.25, 0.3) is 0 Å². The van der Waals surface area contributed by atoms with Crippen molar-refractivity contribution in [1.29, 1.82) is 0 Å². The van der Waals surface area contributed by atoms with Gasteiger partial charge in [-0.2, -0.15) is 0 Å². The molecular formula is C15H29N. The van der Waals surface area contributed by atoms with Crippen molar-refractivity contribution < 1.29 is 0 Å². The van der Waals surface area contributed by atoms with Crippen molar-refractivity contribution in [2.24, 2.45) is 17.8 Å². The van der Waals surface area contributed by atoms with Crippen LogP contribution in [0.5, 0.6) is 0 Å². The molecule has 0 radical (unpaired) electrons. The Bertz CT molecular complexity index is 184. The molecule has 0 spiro atoms. The Hall–Kier alpha value is -0.0400. The number of nitrogens with one attached hydrogen (secondary N) is 1. The van der Waals surface area contributed by atoms with E-state index in [1.165, 1.54) is 70.8 Å². The van der Waals surface area contributed by atoms with Crippen molar-refractivity contribution in [3.05, 3.63) is 0 Å². The first-order valence-electron chi connectivity index (χ1n) is 7.54. The van der Waals surface area contributed by atoms with Crippen molar-refractivity contribution in [2.75, 3.05) is 13.6 Å². The highest BCUT2D eigenvalue weighted by Crippen LogP contribution is 2.39. The zero-order valence-corrected chi connectivity index (χ0v) is 11.0. The summed E-state index contributed by atoms with van der Waals surface area (Å²) in [6.45, 7) is 1.25. The molecule has 1 heteroatoms. The van der Waals surface area contributed by atoms with Crippen LogP contribution in [0, 0.1) is 17.8 Å². The van der Waals surface area contributed by atoms with Gasteiger partial charge in [-0.3, -0.25) is 0 Å². The fourth-order valence-electron chi connectivity index (χ4n) is 4.01. The SMILES string of the molecule is CNCC1CCCCCC(C2CCCC2)C1. The average Bonchev–Trinajstić information content (AvgIpc) is 2.75. The predicted molar refractivity (Wildman–Crippen MR) is 70.6 cm³/mol. The van der Waals surface area contributed by atoms with Crippen LogP contribution >= 0.6 is 0 Å². The zero-order valence-electron chi connectivity index (χ0n) is 11.0. The van der Waals surface area contributed by atoms with Crippen LogP contribution in [0.3, 0.4) is 0 Å². The van der Waals surface area contributed by atoms with Crippen molar-refractivity contribution in [3.8, 4) is 0 Å². The van der Waals surface area contributed by atoms with E-state index in [0.29, 0.717) is 0 Å². The Morgan fingerprint density at radius 1 is 0.812 bits per heavy atom. The molecule has 0 aromatic carbocycles. The van der Waals surface area contributed by atoms with Crippen LogP contribution in [-0.2, 0) is 0 Å². The molecule has 94 valence electrons. The minimum atomic E-state index is 0.968. The third kappa shape index (κ3) is 3.48. The van der Waals surface area contributed by atoms with Gasteiger partial charge in [0.2, 0.25) is 0 Å². The lowest BCUT2D eigenvalue weighted by Crippen LogP contribution is -2.25. The minimum Gasteiger partial charge on any atom is -0.319 e. The van der Waals surface area contributed by atoms with E-state index >= 15 is 0 Å². The van der Waals surface area contributed by atoms with E-state index in [2.05, 4.69) is 12.4 Å². The Labute approximate surface area is 101 Å². The molecule has 2 aliphatic rings. The largest absolute Gasteiger partial charge is 0.319 e. The monoisotopic (exact) mass is 223 g/mol. The minimum absolute atomic E-state index is 0.968. The van der Waals surface area contributed by atoms with E-state index in [9.17, 15) is 0 Å². The second-order valence-electron chi connectivity index (χ2n) is 6.10. The van der Waals surface area contributed by atoms with E-state index in [1.807, 2.05) is 0 Å². The highest BCUT2D eigenvalue weighted by Gasteiger charge is 2.27. The van der Waals surface area contributed by atoms with Gasteiger partial charge in [0.05, 0.1) is 0 Å². The van der Waals surface area contributed by atoms with Gasteiger partial charge in [-0.1, -0.05) is 51.4 Å². The zero-order chi connectivity index (χ0) is 11.2.